The number of pyridine rings is 1. The number of aromatic hydroxyl groups is 1. The molecule has 4 nitrogen and oxygen atoms in total. The van der Waals surface area contributed by atoms with Crippen LogP contribution in [0.3, 0.4) is 0 Å². The molecule has 2 aromatic carbocycles. The number of amides is 1. The lowest BCUT2D eigenvalue weighted by atomic mass is 10.0. The summed E-state index contributed by atoms with van der Waals surface area (Å²) < 4.78 is 0. The number of hydrogen-bond donors (Lipinski definition) is 1. The van der Waals surface area contributed by atoms with Crippen molar-refractivity contribution in [2.45, 2.75) is 12.8 Å². The van der Waals surface area contributed by atoms with Gasteiger partial charge in [0.1, 0.15) is 17.0 Å². The van der Waals surface area contributed by atoms with Crippen molar-refractivity contribution in [3.05, 3.63) is 65.9 Å². The van der Waals surface area contributed by atoms with E-state index in [1.54, 1.807) is 23.1 Å². The second-order valence-corrected chi connectivity index (χ2v) is 5.73. The highest BCUT2D eigenvalue weighted by molar-refractivity contribution is 6.06. The van der Waals surface area contributed by atoms with E-state index >= 15 is 0 Å². The maximum Gasteiger partial charge on any atom is 0.276 e. The molecule has 0 saturated heterocycles. The van der Waals surface area contributed by atoms with Crippen molar-refractivity contribution in [1.29, 1.82) is 0 Å². The third kappa shape index (κ3) is 2.32. The van der Waals surface area contributed by atoms with E-state index in [0.717, 1.165) is 23.9 Å². The first-order valence-electron chi connectivity index (χ1n) is 7.72. The Morgan fingerprint density at radius 1 is 1.04 bits per heavy atom. The summed E-state index contributed by atoms with van der Waals surface area (Å²) >= 11 is 0. The Hall–Kier alpha value is -2.88. The van der Waals surface area contributed by atoms with Crippen LogP contribution in [0.4, 0.5) is 5.69 Å². The van der Waals surface area contributed by atoms with E-state index in [1.807, 2.05) is 30.3 Å². The number of aryl methyl sites for hydroxylation is 1. The normalized spacial score (nSPS) is 13.8. The molecule has 0 radical (unpaired) electrons. The molecule has 4 heteroatoms. The number of aromatic nitrogens is 1. The molecule has 0 fully saturated rings. The summed E-state index contributed by atoms with van der Waals surface area (Å²) in [7, 11) is 0. The van der Waals surface area contributed by atoms with Crippen molar-refractivity contribution in [3.63, 3.8) is 0 Å². The largest absolute Gasteiger partial charge is 0.506 e. The van der Waals surface area contributed by atoms with Gasteiger partial charge in [-0.2, -0.15) is 0 Å². The Balaban J connectivity index is 1.77. The number of phenols is 1. The second kappa shape index (κ2) is 5.39. The highest BCUT2D eigenvalue weighted by Crippen LogP contribution is 2.29. The lowest BCUT2D eigenvalue weighted by Crippen LogP contribution is -2.35. The fourth-order valence-electron chi connectivity index (χ4n) is 3.13. The third-order valence-electron chi connectivity index (χ3n) is 4.27. The Kier molecular flexibility index (Phi) is 3.23. The smallest absolute Gasteiger partial charge is 0.276 e. The summed E-state index contributed by atoms with van der Waals surface area (Å²) in [6.07, 6.45) is 1.94. The van der Waals surface area contributed by atoms with Crippen LogP contribution in [0.2, 0.25) is 0 Å². The molecule has 0 saturated carbocycles. The van der Waals surface area contributed by atoms with E-state index in [9.17, 15) is 9.90 Å². The minimum atomic E-state index is -0.123. The van der Waals surface area contributed by atoms with Crippen LogP contribution in [0.5, 0.6) is 5.75 Å². The third-order valence-corrected chi connectivity index (χ3v) is 4.27. The molecular weight excluding hydrogens is 288 g/mol. The van der Waals surface area contributed by atoms with Crippen LogP contribution in [-0.2, 0) is 6.42 Å². The van der Waals surface area contributed by atoms with Gasteiger partial charge in [0, 0.05) is 17.6 Å². The SMILES string of the molecule is O=C(c1ccc2cccc(O)c2n1)N1CCCc2ccccc21. The van der Waals surface area contributed by atoms with Gasteiger partial charge in [-0.1, -0.05) is 36.4 Å². The van der Waals surface area contributed by atoms with Crippen molar-refractivity contribution < 1.29 is 9.90 Å². The number of rotatable bonds is 1. The molecule has 114 valence electrons. The molecule has 0 aliphatic carbocycles. The summed E-state index contributed by atoms with van der Waals surface area (Å²) in [4.78, 5) is 19.1. The lowest BCUT2D eigenvalue weighted by molar-refractivity contribution is 0.0980. The first-order chi connectivity index (χ1) is 11.2. The van der Waals surface area contributed by atoms with E-state index in [-0.39, 0.29) is 11.7 Å². The fourth-order valence-corrected chi connectivity index (χ4v) is 3.13. The van der Waals surface area contributed by atoms with Gasteiger partial charge in [-0.3, -0.25) is 4.79 Å². The molecular formula is C19H16N2O2. The minimum absolute atomic E-state index is 0.0937. The second-order valence-electron chi connectivity index (χ2n) is 5.73. The summed E-state index contributed by atoms with van der Waals surface area (Å²) in [5, 5.41) is 10.8. The predicted octanol–water partition coefficient (Wildman–Crippen LogP) is 3.53. The van der Waals surface area contributed by atoms with E-state index in [4.69, 9.17) is 0 Å². The van der Waals surface area contributed by atoms with Crippen LogP contribution >= 0.6 is 0 Å². The molecule has 1 aromatic heterocycles. The molecule has 0 spiro atoms. The average Bonchev–Trinajstić information content (AvgIpc) is 2.61. The predicted molar refractivity (Wildman–Crippen MR) is 89.8 cm³/mol. The van der Waals surface area contributed by atoms with E-state index in [2.05, 4.69) is 11.1 Å². The van der Waals surface area contributed by atoms with Gasteiger partial charge >= 0.3 is 0 Å². The maximum atomic E-state index is 12.9. The molecule has 1 aliphatic rings. The van der Waals surface area contributed by atoms with E-state index in [1.165, 1.54) is 5.56 Å². The van der Waals surface area contributed by atoms with Gasteiger partial charge in [-0.15, -0.1) is 0 Å². The molecule has 2 heterocycles. The number of carbonyl (C=O) groups excluding carboxylic acids is 1. The minimum Gasteiger partial charge on any atom is -0.506 e. The molecule has 1 N–H and O–H groups in total. The number of fused-ring (bicyclic) bond motifs is 2. The van der Waals surface area contributed by atoms with Crippen molar-refractivity contribution >= 4 is 22.5 Å². The highest BCUT2D eigenvalue weighted by Gasteiger charge is 2.24. The summed E-state index contributed by atoms with van der Waals surface area (Å²) in [5.74, 6) is -0.0292. The Bertz CT molecular complexity index is 905. The first-order valence-corrected chi connectivity index (χ1v) is 7.72. The molecule has 1 aliphatic heterocycles. The molecule has 4 rings (SSSR count). The van der Waals surface area contributed by atoms with Crippen LogP contribution in [0.1, 0.15) is 22.5 Å². The average molecular weight is 304 g/mol. The topological polar surface area (TPSA) is 53.4 Å². The van der Waals surface area contributed by atoms with Gasteiger partial charge in [0.2, 0.25) is 0 Å². The van der Waals surface area contributed by atoms with Gasteiger partial charge in [-0.05, 0) is 36.6 Å². The number of hydrogen-bond acceptors (Lipinski definition) is 3. The summed E-state index contributed by atoms with van der Waals surface area (Å²) in [6, 6.07) is 16.8. The zero-order valence-corrected chi connectivity index (χ0v) is 12.6. The van der Waals surface area contributed by atoms with Crippen molar-refractivity contribution in [3.8, 4) is 5.75 Å². The number of anilines is 1. The highest BCUT2D eigenvalue weighted by atomic mass is 16.3. The number of phenolic OH excluding ortho intramolecular Hbond substituents is 1. The monoisotopic (exact) mass is 304 g/mol. The van der Waals surface area contributed by atoms with Crippen LogP contribution in [0.15, 0.2) is 54.6 Å². The van der Waals surface area contributed by atoms with Crippen LogP contribution in [0.25, 0.3) is 10.9 Å². The van der Waals surface area contributed by atoms with Gasteiger partial charge in [0.25, 0.3) is 5.91 Å². The van der Waals surface area contributed by atoms with Crippen molar-refractivity contribution in [1.82, 2.24) is 4.98 Å². The zero-order valence-electron chi connectivity index (χ0n) is 12.6. The van der Waals surface area contributed by atoms with Crippen molar-refractivity contribution in [2.75, 3.05) is 11.4 Å². The van der Waals surface area contributed by atoms with Gasteiger partial charge in [0.05, 0.1) is 0 Å². The Morgan fingerprint density at radius 3 is 2.83 bits per heavy atom. The number of para-hydroxylation sites is 2. The standard InChI is InChI=1S/C19H16N2O2/c22-17-9-3-6-14-10-11-15(20-18(14)17)19(23)21-12-4-7-13-5-1-2-8-16(13)21/h1-3,5-6,8-11,22H,4,7,12H2. The van der Waals surface area contributed by atoms with Crippen molar-refractivity contribution in [2.24, 2.45) is 0 Å². The molecule has 0 atom stereocenters. The quantitative estimate of drug-likeness (QED) is 0.748. The summed E-state index contributed by atoms with van der Waals surface area (Å²) in [6.45, 7) is 0.691. The van der Waals surface area contributed by atoms with Crippen LogP contribution < -0.4 is 4.90 Å². The maximum absolute atomic E-state index is 12.9. The molecule has 0 bridgehead atoms. The molecule has 0 unspecified atom stereocenters. The molecule has 3 aromatic rings. The number of benzene rings is 2. The van der Waals surface area contributed by atoms with Gasteiger partial charge < -0.3 is 10.0 Å². The number of carbonyl (C=O) groups is 1. The van der Waals surface area contributed by atoms with Crippen LogP contribution in [-0.4, -0.2) is 22.5 Å². The van der Waals surface area contributed by atoms with Gasteiger partial charge in [-0.25, -0.2) is 4.98 Å². The number of nitrogens with zero attached hydrogens (tertiary/aromatic N) is 2. The van der Waals surface area contributed by atoms with Crippen LogP contribution in [0, 0.1) is 0 Å². The first kappa shape index (κ1) is 13.8. The molecule has 1 amide bonds. The fraction of sp³-hybridized carbons (Fsp3) is 0.158. The Morgan fingerprint density at radius 2 is 1.91 bits per heavy atom. The zero-order chi connectivity index (χ0) is 15.8. The molecule has 23 heavy (non-hydrogen) atoms. The Labute approximate surface area is 134 Å². The van der Waals surface area contributed by atoms with Gasteiger partial charge in [0.15, 0.2) is 0 Å². The lowest BCUT2D eigenvalue weighted by Gasteiger charge is -2.29. The van der Waals surface area contributed by atoms with E-state index < -0.39 is 0 Å². The van der Waals surface area contributed by atoms with E-state index in [0.29, 0.717) is 17.8 Å². The summed E-state index contributed by atoms with van der Waals surface area (Å²) in [5.41, 5.74) is 2.97.